The van der Waals surface area contributed by atoms with Crippen LogP contribution in [0.2, 0.25) is 0 Å². The lowest BCUT2D eigenvalue weighted by atomic mass is 10.1. The lowest BCUT2D eigenvalue weighted by Gasteiger charge is -2.05. The van der Waals surface area contributed by atoms with Crippen LogP contribution in [0.4, 0.5) is 5.69 Å². The maximum atomic E-state index is 12.2. The van der Waals surface area contributed by atoms with Crippen molar-refractivity contribution in [1.29, 1.82) is 0 Å². The Morgan fingerprint density at radius 1 is 1.22 bits per heavy atom. The van der Waals surface area contributed by atoms with E-state index in [1.165, 1.54) is 6.07 Å². The van der Waals surface area contributed by atoms with E-state index in [-0.39, 0.29) is 11.7 Å². The maximum absolute atomic E-state index is 12.2. The second-order valence-corrected chi connectivity index (χ2v) is 5.68. The van der Waals surface area contributed by atoms with Crippen molar-refractivity contribution in [3.8, 4) is 0 Å². The van der Waals surface area contributed by atoms with Gasteiger partial charge in [0, 0.05) is 29.3 Å². The van der Waals surface area contributed by atoms with E-state index in [1.54, 1.807) is 24.3 Å². The van der Waals surface area contributed by atoms with Crippen molar-refractivity contribution in [2.45, 2.75) is 26.7 Å². The van der Waals surface area contributed by atoms with Crippen LogP contribution in [-0.4, -0.2) is 11.1 Å². The Morgan fingerprint density at radius 3 is 2.70 bits per heavy atom. The van der Waals surface area contributed by atoms with E-state index in [1.807, 2.05) is 20.8 Å². The molecule has 6 nitrogen and oxygen atoms in total. The van der Waals surface area contributed by atoms with E-state index in [2.05, 4.69) is 10.5 Å². The molecule has 1 N–H and O–H groups in total. The second kappa shape index (κ2) is 5.72. The normalized spacial score (nSPS) is 11.1. The van der Waals surface area contributed by atoms with Crippen LogP contribution >= 0.6 is 0 Å². The van der Waals surface area contributed by atoms with Gasteiger partial charge in [-0.3, -0.25) is 4.79 Å². The Kier molecular flexibility index (Phi) is 3.73. The monoisotopic (exact) mass is 312 g/mol. The number of amides is 1. The predicted octanol–water partition coefficient (Wildman–Crippen LogP) is 3.47. The predicted molar refractivity (Wildman–Crippen MR) is 85.8 cm³/mol. The molecule has 0 spiro atoms. The minimum atomic E-state index is -0.421. The first-order chi connectivity index (χ1) is 10.9. The molecule has 0 radical (unpaired) electrons. The minimum absolute atomic E-state index is 0.138. The Bertz CT molecular complexity index is 937. The first-order valence-corrected chi connectivity index (χ1v) is 7.26. The SMILES string of the molecule is Cc1cc(=O)oc2cc(NC(=O)c3cc(C(C)C)no3)ccc12. The molecule has 0 aliphatic heterocycles. The molecule has 23 heavy (non-hydrogen) atoms. The van der Waals surface area contributed by atoms with Crippen molar-refractivity contribution in [2.24, 2.45) is 0 Å². The van der Waals surface area contributed by atoms with Gasteiger partial charge in [-0.1, -0.05) is 19.0 Å². The molecule has 1 amide bonds. The second-order valence-electron chi connectivity index (χ2n) is 5.68. The van der Waals surface area contributed by atoms with Crippen LogP contribution in [0.15, 0.2) is 44.1 Å². The average molecular weight is 312 g/mol. The molecule has 0 fully saturated rings. The number of carbonyl (C=O) groups excluding carboxylic acids is 1. The molecule has 0 unspecified atom stereocenters. The quantitative estimate of drug-likeness (QED) is 0.748. The van der Waals surface area contributed by atoms with E-state index in [9.17, 15) is 9.59 Å². The zero-order valence-corrected chi connectivity index (χ0v) is 13.0. The van der Waals surface area contributed by atoms with Gasteiger partial charge in [0.1, 0.15) is 5.58 Å². The maximum Gasteiger partial charge on any atom is 0.336 e. The lowest BCUT2D eigenvalue weighted by Crippen LogP contribution is -2.11. The Morgan fingerprint density at radius 2 is 2.00 bits per heavy atom. The molecule has 3 aromatic rings. The third kappa shape index (κ3) is 3.01. The summed E-state index contributed by atoms with van der Waals surface area (Å²) in [5.41, 5.74) is 2.06. The van der Waals surface area contributed by atoms with Gasteiger partial charge in [0.2, 0.25) is 5.76 Å². The molecule has 0 atom stereocenters. The van der Waals surface area contributed by atoms with Crippen LogP contribution in [0.5, 0.6) is 0 Å². The number of fused-ring (bicyclic) bond motifs is 1. The standard InChI is InChI=1S/C17H16N2O4/c1-9(2)13-8-15(23-19-13)17(21)18-11-4-5-12-10(3)6-16(20)22-14(12)7-11/h4-9H,1-3H3,(H,18,21). The number of benzene rings is 1. The highest BCUT2D eigenvalue weighted by Gasteiger charge is 2.15. The average Bonchev–Trinajstić information content (AvgIpc) is 2.96. The first kappa shape index (κ1) is 15.0. The molecular formula is C17H16N2O4. The van der Waals surface area contributed by atoms with Crippen molar-refractivity contribution >= 4 is 22.6 Å². The highest BCUT2D eigenvalue weighted by Crippen LogP contribution is 2.21. The number of nitrogens with zero attached hydrogens (tertiary/aromatic N) is 1. The van der Waals surface area contributed by atoms with E-state index >= 15 is 0 Å². The summed E-state index contributed by atoms with van der Waals surface area (Å²) in [6.07, 6.45) is 0. The van der Waals surface area contributed by atoms with Gasteiger partial charge in [-0.2, -0.15) is 0 Å². The highest BCUT2D eigenvalue weighted by atomic mass is 16.5. The molecule has 0 saturated carbocycles. The van der Waals surface area contributed by atoms with Crippen LogP contribution in [0, 0.1) is 6.92 Å². The number of hydrogen-bond donors (Lipinski definition) is 1. The van der Waals surface area contributed by atoms with Crippen molar-refractivity contribution in [3.05, 3.63) is 57.8 Å². The summed E-state index contributed by atoms with van der Waals surface area (Å²) in [6.45, 7) is 5.76. The summed E-state index contributed by atoms with van der Waals surface area (Å²) in [6, 6.07) is 8.20. The third-order valence-corrected chi connectivity index (χ3v) is 3.55. The summed E-state index contributed by atoms with van der Waals surface area (Å²) in [7, 11) is 0. The molecule has 2 heterocycles. The Hall–Kier alpha value is -2.89. The number of rotatable bonds is 3. The fourth-order valence-electron chi connectivity index (χ4n) is 2.26. The van der Waals surface area contributed by atoms with Crippen LogP contribution in [-0.2, 0) is 0 Å². The van der Waals surface area contributed by atoms with Crippen molar-refractivity contribution in [1.82, 2.24) is 5.16 Å². The molecule has 0 aliphatic rings. The summed E-state index contributed by atoms with van der Waals surface area (Å²) in [4.78, 5) is 23.6. The molecule has 0 aliphatic carbocycles. The van der Waals surface area contributed by atoms with Crippen LogP contribution in [0.25, 0.3) is 11.0 Å². The van der Waals surface area contributed by atoms with Crippen molar-refractivity contribution < 1.29 is 13.7 Å². The zero-order valence-electron chi connectivity index (χ0n) is 13.0. The molecular weight excluding hydrogens is 296 g/mol. The number of aryl methyl sites for hydroxylation is 1. The molecule has 6 heteroatoms. The number of nitrogens with one attached hydrogen (secondary N) is 1. The molecule has 3 rings (SSSR count). The smallest absolute Gasteiger partial charge is 0.336 e. The van der Waals surface area contributed by atoms with Crippen LogP contribution in [0.3, 0.4) is 0 Å². The fourth-order valence-corrected chi connectivity index (χ4v) is 2.26. The summed E-state index contributed by atoms with van der Waals surface area (Å²) in [5, 5.41) is 7.39. The minimum Gasteiger partial charge on any atom is -0.423 e. The van der Waals surface area contributed by atoms with Crippen LogP contribution < -0.4 is 10.9 Å². The third-order valence-electron chi connectivity index (χ3n) is 3.55. The van der Waals surface area contributed by atoms with Gasteiger partial charge in [-0.25, -0.2) is 4.79 Å². The Labute approximate surface area is 132 Å². The molecule has 1 aromatic carbocycles. The molecule has 118 valence electrons. The lowest BCUT2D eigenvalue weighted by molar-refractivity contribution is 0.0988. The van der Waals surface area contributed by atoms with Crippen molar-refractivity contribution in [2.75, 3.05) is 5.32 Å². The van der Waals surface area contributed by atoms with Gasteiger partial charge in [-0.15, -0.1) is 0 Å². The van der Waals surface area contributed by atoms with E-state index in [0.717, 1.165) is 16.6 Å². The van der Waals surface area contributed by atoms with Gasteiger partial charge < -0.3 is 14.3 Å². The van der Waals surface area contributed by atoms with Gasteiger partial charge >= 0.3 is 5.63 Å². The first-order valence-electron chi connectivity index (χ1n) is 7.26. The van der Waals surface area contributed by atoms with E-state index < -0.39 is 11.5 Å². The summed E-state index contributed by atoms with van der Waals surface area (Å²) < 4.78 is 10.2. The van der Waals surface area contributed by atoms with E-state index in [0.29, 0.717) is 11.3 Å². The fraction of sp³-hybridized carbons (Fsp3) is 0.235. The van der Waals surface area contributed by atoms with Crippen molar-refractivity contribution in [3.63, 3.8) is 0 Å². The number of aromatic nitrogens is 1. The number of carbonyl (C=O) groups is 1. The van der Waals surface area contributed by atoms with E-state index in [4.69, 9.17) is 8.94 Å². The number of hydrogen-bond acceptors (Lipinski definition) is 5. The topological polar surface area (TPSA) is 85.3 Å². The van der Waals surface area contributed by atoms with Gasteiger partial charge in [0.25, 0.3) is 5.91 Å². The highest BCUT2D eigenvalue weighted by molar-refractivity contribution is 6.03. The summed E-state index contributed by atoms with van der Waals surface area (Å²) >= 11 is 0. The molecule has 2 aromatic heterocycles. The number of anilines is 1. The Balaban J connectivity index is 1.88. The largest absolute Gasteiger partial charge is 0.423 e. The summed E-state index contributed by atoms with van der Waals surface area (Å²) in [5.74, 6) is -0.0866. The van der Waals surface area contributed by atoms with Crippen LogP contribution in [0.1, 0.15) is 41.6 Å². The molecule has 0 saturated heterocycles. The van der Waals surface area contributed by atoms with Gasteiger partial charge in [0.05, 0.1) is 5.69 Å². The zero-order chi connectivity index (χ0) is 16.6. The molecule has 0 bridgehead atoms. The van der Waals surface area contributed by atoms with Gasteiger partial charge in [0.15, 0.2) is 0 Å². The van der Waals surface area contributed by atoms with Gasteiger partial charge in [-0.05, 0) is 30.5 Å².